The molecule has 0 aromatic heterocycles. The Morgan fingerprint density at radius 2 is 2.43 bits per heavy atom. The van der Waals surface area contributed by atoms with Crippen molar-refractivity contribution in [3.05, 3.63) is 0 Å². The Labute approximate surface area is 85.3 Å². The molecule has 0 saturated carbocycles. The highest BCUT2D eigenvalue weighted by Gasteiger charge is 2.28. The second-order valence-electron chi connectivity index (χ2n) is 4.12. The molecule has 1 N–H and O–H groups in total. The molecule has 0 bridgehead atoms. The molecule has 0 spiro atoms. The number of ether oxygens (including phenoxy) is 1. The lowest BCUT2D eigenvalue weighted by Gasteiger charge is -2.37. The van der Waals surface area contributed by atoms with E-state index in [2.05, 4.69) is 22.1 Å². The van der Waals surface area contributed by atoms with Gasteiger partial charge in [-0.05, 0) is 12.3 Å². The van der Waals surface area contributed by atoms with Crippen molar-refractivity contribution in [2.45, 2.75) is 19.4 Å². The van der Waals surface area contributed by atoms with Gasteiger partial charge in [-0.15, -0.1) is 0 Å². The average Bonchev–Trinajstić information content (AvgIpc) is 2.71. The molecule has 0 aromatic carbocycles. The van der Waals surface area contributed by atoms with Crippen molar-refractivity contribution in [3.8, 4) is 0 Å². The Morgan fingerprint density at radius 1 is 1.57 bits per heavy atom. The van der Waals surface area contributed by atoms with Gasteiger partial charge in [-0.25, -0.2) is 0 Å². The zero-order valence-electron chi connectivity index (χ0n) is 8.99. The summed E-state index contributed by atoms with van der Waals surface area (Å²) in [4.78, 5) is 6.74. The Bertz CT molecular complexity index is 229. The minimum atomic E-state index is 0.355. The van der Waals surface area contributed by atoms with Crippen molar-refractivity contribution in [2.24, 2.45) is 10.9 Å². The summed E-state index contributed by atoms with van der Waals surface area (Å²) in [6.07, 6.45) is 1.55. The number of rotatable bonds is 1. The average molecular weight is 197 g/mol. The maximum absolute atomic E-state index is 5.47. The zero-order valence-corrected chi connectivity index (χ0v) is 8.99. The number of likely N-dealkylation sites (tertiary alicyclic amines) is 1. The quantitative estimate of drug-likeness (QED) is 0.657. The molecule has 4 nitrogen and oxygen atoms in total. The van der Waals surface area contributed by atoms with Gasteiger partial charge in [0.15, 0.2) is 5.96 Å². The smallest absolute Gasteiger partial charge is 0.194 e. The fourth-order valence-corrected chi connectivity index (χ4v) is 2.13. The lowest BCUT2D eigenvalue weighted by Crippen LogP contribution is -2.49. The highest BCUT2D eigenvalue weighted by Crippen LogP contribution is 2.19. The largest absolute Gasteiger partial charge is 0.379 e. The highest BCUT2D eigenvalue weighted by atomic mass is 16.5. The Balaban J connectivity index is 1.95. The first-order chi connectivity index (χ1) is 6.81. The van der Waals surface area contributed by atoms with Crippen LogP contribution in [-0.2, 0) is 4.74 Å². The van der Waals surface area contributed by atoms with Gasteiger partial charge in [0.05, 0.1) is 12.6 Å². The van der Waals surface area contributed by atoms with Crippen LogP contribution in [0.4, 0.5) is 0 Å². The topological polar surface area (TPSA) is 36.9 Å². The molecule has 0 amide bonds. The number of nitrogens with zero attached hydrogens (tertiary/aromatic N) is 2. The van der Waals surface area contributed by atoms with Crippen LogP contribution in [0, 0.1) is 5.92 Å². The Morgan fingerprint density at radius 3 is 3.07 bits per heavy atom. The number of piperidine rings is 1. The zero-order chi connectivity index (χ0) is 9.97. The highest BCUT2D eigenvalue weighted by molar-refractivity contribution is 5.81. The normalized spacial score (nSPS) is 32.7. The summed E-state index contributed by atoms with van der Waals surface area (Å²) in [5.74, 6) is 1.73. The van der Waals surface area contributed by atoms with E-state index in [4.69, 9.17) is 4.74 Å². The first-order valence-electron chi connectivity index (χ1n) is 5.37. The van der Waals surface area contributed by atoms with Crippen LogP contribution in [0.2, 0.25) is 0 Å². The van der Waals surface area contributed by atoms with Crippen LogP contribution in [0.15, 0.2) is 4.99 Å². The van der Waals surface area contributed by atoms with Crippen molar-refractivity contribution >= 4 is 5.96 Å². The van der Waals surface area contributed by atoms with Gasteiger partial charge in [-0.1, -0.05) is 6.92 Å². The molecule has 14 heavy (non-hydrogen) atoms. The summed E-state index contributed by atoms with van der Waals surface area (Å²) >= 11 is 0. The molecule has 2 atom stereocenters. The number of hydrogen-bond donors (Lipinski definition) is 1. The van der Waals surface area contributed by atoms with Gasteiger partial charge < -0.3 is 15.0 Å². The van der Waals surface area contributed by atoms with Crippen molar-refractivity contribution in [1.29, 1.82) is 0 Å². The van der Waals surface area contributed by atoms with E-state index < -0.39 is 0 Å². The maximum Gasteiger partial charge on any atom is 0.194 e. The number of nitrogens with one attached hydrogen (secondary N) is 1. The van der Waals surface area contributed by atoms with Crippen molar-refractivity contribution in [3.63, 3.8) is 0 Å². The first-order valence-corrected chi connectivity index (χ1v) is 5.37. The van der Waals surface area contributed by atoms with Crippen LogP contribution in [-0.4, -0.2) is 50.3 Å². The lowest BCUT2D eigenvalue weighted by molar-refractivity contribution is 0.0142. The first kappa shape index (κ1) is 9.77. The summed E-state index contributed by atoms with van der Waals surface area (Å²) in [6.45, 7) is 6.24. The van der Waals surface area contributed by atoms with E-state index in [1.807, 2.05) is 0 Å². The third-order valence-electron chi connectivity index (χ3n) is 3.15. The second kappa shape index (κ2) is 4.17. The Kier molecular flexibility index (Phi) is 2.91. The Hall–Kier alpha value is -0.770. The van der Waals surface area contributed by atoms with E-state index in [0.29, 0.717) is 12.0 Å². The fourth-order valence-electron chi connectivity index (χ4n) is 2.13. The molecule has 2 aliphatic rings. The van der Waals surface area contributed by atoms with Crippen LogP contribution in [0.3, 0.4) is 0 Å². The predicted octanol–water partition coefficient (Wildman–Crippen LogP) is 0.302. The molecule has 4 heteroatoms. The molecule has 1 fully saturated rings. The summed E-state index contributed by atoms with van der Waals surface area (Å²) in [5, 5.41) is 3.31. The fraction of sp³-hybridized carbons (Fsp3) is 0.900. The van der Waals surface area contributed by atoms with E-state index in [1.54, 1.807) is 7.11 Å². The van der Waals surface area contributed by atoms with Crippen LogP contribution in [0.1, 0.15) is 13.3 Å². The van der Waals surface area contributed by atoms with E-state index in [0.717, 1.165) is 32.1 Å². The van der Waals surface area contributed by atoms with Crippen LogP contribution in [0.25, 0.3) is 0 Å². The molecule has 2 heterocycles. The lowest BCUT2D eigenvalue weighted by atomic mass is 9.96. The molecule has 1 saturated heterocycles. The monoisotopic (exact) mass is 197 g/mol. The third kappa shape index (κ3) is 1.85. The SMILES string of the molecule is COC1CN(C2=NCCN2)CCC1C. The van der Waals surface area contributed by atoms with Crippen LogP contribution >= 0.6 is 0 Å². The maximum atomic E-state index is 5.47. The van der Waals surface area contributed by atoms with Crippen LogP contribution in [0.5, 0.6) is 0 Å². The van der Waals surface area contributed by atoms with Gasteiger partial charge in [0.1, 0.15) is 0 Å². The molecule has 2 aliphatic heterocycles. The summed E-state index contributed by atoms with van der Waals surface area (Å²) in [7, 11) is 1.80. The van der Waals surface area contributed by atoms with Gasteiger partial charge in [-0.3, -0.25) is 4.99 Å². The number of aliphatic imine (C=N–C) groups is 1. The van der Waals surface area contributed by atoms with E-state index >= 15 is 0 Å². The third-order valence-corrected chi connectivity index (χ3v) is 3.15. The number of methoxy groups -OCH3 is 1. The van der Waals surface area contributed by atoms with Crippen molar-refractivity contribution in [2.75, 3.05) is 33.3 Å². The van der Waals surface area contributed by atoms with E-state index in [9.17, 15) is 0 Å². The molecule has 0 aromatic rings. The number of hydrogen-bond acceptors (Lipinski definition) is 4. The van der Waals surface area contributed by atoms with E-state index in [1.165, 1.54) is 6.42 Å². The van der Waals surface area contributed by atoms with Gasteiger partial charge in [-0.2, -0.15) is 0 Å². The second-order valence-corrected chi connectivity index (χ2v) is 4.12. The molecule has 2 unspecified atom stereocenters. The summed E-state index contributed by atoms with van der Waals surface area (Å²) in [5.41, 5.74) is 0. The van der Waals surface area contributed by atoms with Gasteiger partial charge in [0.25, 0.3) is 0 Å². The molecular formula is C10H19N3O. The summed E-state index contributed by atoms with van der Waals surface area (Å²) < 4.78 is 5.47. The number of guanidine groups is 1. The molecular weight excluding hydrogens is 178 g/mol. The van der Waals surface area contributed by atoms with E-state index in [-0.39, 0.29) is 0 Å². The minimum Gasteiger partial charge on any atom is -0.379 e. The van der Waals surface area contributed by atoms with Gasteiger partial charge >= 0.3 is 0 Å². The molecule has 0 aliphatic carbocycles. The molecule has 80 valence electrons. The molecule has 0 radical (unpaired) electrons. The standard InChI is InChI=1S/C10H19N3O/c1-8-3-6-13(7-9(8)14-2)10-11-4-5-12-10/h8-9H,3-7H2,1-2H3,(H,11,12). The van der Waals surface area contributed by atoms with Gasteiger partial charge in [0.2, 0.25) is 0 Å². The summed E-state index contributed by atoms with van der Waals surface area (Å²) in [6, 6.07) is 0. The minimum absolute atomic E-state index is 0.355. The molecule has 2 rings (SSSR count). The predicted molar refractivity (Wildman–Crippen MR) is 56.5 cm³/mol. The van der Waals surface area contributed by atoms with Crippen molar-refractivity contribution < 1.29 is 4.74 Å². The van der Waals surface area contributed by atoms with Crippen LogP contribution < -0.4 is 5.32 Å². The van der Waals surface area contributed by atoms with Gasteiger partial charge in [0, 0.05) is 26.7 Å². The van der Waals surface area contributed by atoms with Crippen molar-refractivity contribution in [1.82, 2.24) is 10.2 Å².